The molecule has 0 unspecified atom stereocenters. The molecule has 0 atom stereocenters. The highest BCUT2D eigenvalue weighted by molar-refractivity contribution is 6.05. The van der Waals surface area contributed by atoms with Crippen molar-refractivity contribution in [2.75, 3.05) is 57.0 Å². The standard InChI is InChI=1S/C28H30FN5O5/c1-36-9-11-38-25-14-21-23(15-26(25)39-12-10-37-2)32-17-33-27(21)31-16-18-3-5-19(6-4-18)28(35)34-24-13-20(29)7-8-22(24)30/h3-8,13-15,17H,9-12,16,30H2,1-2H3,(H,34,35)(H,31,32,33). The number of anilines is 3. The van der Waals surface area contributed by atoms with Crippen molar-refractivity contribution in [3.05, 3.63) is 77.9 Å². The number of hydrogen-bond donors (Lipinski definition) is 3. The molecule has 0 saturated carbocycles. The molecule has 0 radical (unpaired) electrons. The van der Waals surface area contributed by atoms with Crippen molar-refractivity contribution >= 4 is 34.0 Å². The van der Waals surface area contributed by atoms with E-state index in [1.165, 1.54) is 24.5 Å². The summed E-state index contributed by atoms with van der Waals surface area (Å²) in [4.78, 5) is 21.4. The zero-order chi connectivity index (χ0) is 27.6. The number of nitrogens with two attached hydrogens (primary N) is 1. The van der Waals surface area contributed by atoms with Crippen molar-refractivity contribution in [3.8, 4) is 11.5 Å². The molecule has 3 aromatic carbocycles. The summed E-state index contributed by atoms with van der Waals surface area (Å²) < 4.78 is 35.4. The van der Waals surface area contributed by atoms with Gasteiger partial charge in [-0.2, -0.15) is 0 Å². The highest BCUT2D eigenvalue weighted by atomic mass is 19.1. The van der Waals surface area contributed by atoms with Crippen LogP contribution in [-0.4, -0.2) is 56.5 Å². The van der Waals surface area contributed by atoms with Crippen molar-refractivity contribution in [2.24, 2.45) is 0 Å². The molecular weight excluding hydrogens is 505 g/mol. The Kier molecular flexibility index (Phi) is 9.44. The zero-order valence-corrected chi connectivity index (χ0v) is 21.7. The first kappa shape index (κ1) is 27.6. The Labute approximate surface area is 225 Å². The normalized spacial score (nSPS) is 10.8. The Morgan fingerprint density at radius 1 is 0.897 bits per heavy atom. The maximum Gasteiger partial charge on any atom is 0.255 e. The number of ether oxygens (including phenoxy) is 4. The number of carbonyl (C=O) groups is 1. The van der Waals surface area contributed by atoms with Crippen molar-refractivity contribution in [1.29, 1.82) is 0 Å². The van der Waals surface area contributed by atoms with Gasteiger partial charge in [0, 0.05) is 37.8 Å². The largest absolute Gasteiger partial charge is 0.487 e. The minimum Gasteiger partial charge on any atom is -0.487 e. The Bertz CT molecular complexity index is 1420. The SMILES string of the molecule is COCCOc1cc2ncnc(NCc3ccc(C(=O)Nc4cc(F)ccc4N)cc3)c2cc1OCCOC. The number of fused-ring (bicyclic) bond motifs is 1. The van der Waals surface area contributed by atoms with Crippen molar-refractivity contribution in [1.82, 2.24) is 9.97 Å². The van der Waals surface area contributed by atoms with E-state index in [9.17, 15) is 9.18 Å². The predicted octanol–water partition coefficient (Wildman–Crippen LogP) is 4.27. The molecule has 1 aromatic heterocycles. The lowest BCUT2D eigenvalue weighted by molar-refractivity contribution is 0.102. The van der Waals surface area contributed by atoms with Crippen molar-refractivity contribution in [3.63, 3.8) is 0 Å². The number of aromatic nitrogens is 2. The van der Waals surface area contributed by atoms with Crippen LogP contribution >= 0.6 is 0 Å². The van der Waals surface area contributed by atoms with E-state index in [1.54, 1.807) is 32.4 Å². The summed E-state index contributed by atoms with van der Waals surface area (Å²) in [5.41, 5.74) is 8.34. The summed E-state index contributed by atoms with van der Waals surface area (Å²) in [6.45, 7) is 2.02. The molecule has 11 heteroatoms. The minimum absolute atomic E-state index is 0.221. The summed E-state index contributed by atoms with van der Waals surface area (Å²) in [5.74, 6) is 0.834. The smallest absolute Gasteiger partial charge is 0.255 e. The summed E-state index contributed by atoms with van der Waals surface area (Å²) >= 11 is 0. The van der Waals surface area contributed by atoms with Crippen LogP contribution in [0, 0.1) is 5.82 Å². The number of nitrogens with zero attached hydrogens (tertiary/aromatic N) is 2. The van der Waals surface area contributed by atoms with E-state index in [0.29, 0.717) is 61.4 Å². The maximum absolute atomic E-state index is 13.5. The van der Waals surface area contributed by atoms with Gasteiger partial charge in [-0.05, 0) is 42.0 Å². The predicted molar refractivity (Wildman–Crippen MR) is 147 cm³/mol. The number of halogens is 1. The van der Waals surface area contributed by atoms with Crippen LogP contribution in [0.3, 0.4) is 0 Å². The van der Waals surface area contributed by atoms with Gasteiger partial charge in [0.2, 0.25) is 0 Å². The van der Waals surface area contributed by atoms with Crippen LogP contribution in [0.4, 0.5) is 21.6 Å². The Morgan fingerprint density at radius 2 is 1.59 bits per heavy atom. The van der Waals surface area contributed by atoms with E-state index < -0.39 is 11.7 Å². The van der Waals surface area contributed by atoms with Crippen molar-refractivity contribution < 1.29 is 28.1 Å². The molecule has 1 heterocycles. The fraction of sp³-hybridized carbons (Fsp3) is 0.250. The molecule has 4 aromatic rings. The first-order chi connectivity index (χ1) is 19.0. The van der Waals surface area contributed by atoms with E-state index in [2.05, 4.69) is 20.6 Å². The second kappa shape index (κ2) is 13.4. The molecule has 0 aliphatic heterocycles. The summed E-state index contributed by atoms with van der Waals surface area (Å²) in [5, 5.41) is 6.71. The number of amides is 1. The lowest BCUT2D eigenvalue weighted by Gasteiger charge is -2.15. The molecule has 0 bridgehead atoms. The highest BCUT2D eigenvalue weighted by Gasteiger charge is 2.13. The van der Waals surface area contributed by atoms with Gasteiger partial charge >= 0.3 is 0 Å². The number of nitrogens with one attached hydrogen (secondary N) is 2. The van der Waals surface area contributed by atoms with Crippen LogP contribution in [0.2, 0.25) is 0 Å². The fourth-order valence-electron chi connectivity index (χ4n) is 3.69. The molecule has 0 saturated heterocycles. The number of hydrogen-bond acceptors (Lipinski definition) is 9. The maximum atomic E-state index is 13.5. The van der Waals surface area contributed by atoms with Crippen LogP contribution < -0.4 is 25.8 Å². The van der Waals surface area contributed by atoms with E-state index in [-0.39, 0.29) is 11.4 Å². The molecule has 39 heavy (non-hydrogen) atoms. The Balaban J connectivity index is 1.47. The number of carbonyl (C=O) groups excluding carboxylic acids is 1. The van der Waals surface area contributed by atoms with Crippen LogP contribution in [0.1, 0.15) is 15.9 Å². The third-order valence-electron chi connectivity index (χ3n) is 5.73. The third-order valence-corrected chi connectivity index (χ3v) is 5.73. The molecule has 204 valence electrons. The zero-order valence-electron chi connectivity index (χ0n) is 21.7. The molecule has 0 fully saturated rings. The van der Waals surface area contributed by atoms with Gasteiger partial charge in [-0.25, -0.2) is 14.4 Å². The second-order valence-electron chi connectivity index (χ2n) is 8.46. The van der Waals surface area contributed by atoms with Crippen LogP contribution in [0.15, 0.2) is 60.9 Å². The summed E-state index contributed by atoms with van der Waals surface area (Å²) in [6.07, 6.45) is 1.47. The van der Waals surface area contributed by atoms with Gasteiger partial charge < -0.3 is 35.3 Å². The molecule has 10 nitrogen and oxygen atoms in total. The van der Waals surface area contributed by atoms with Gasteiger partial charge in [0.05, 0.1) is 30.1 Å². The third kappa shape index (κ3) is 7.30. The number of nitrogen functional groups attached to an aromatic ring is 1. The Hall–Kier alpha value is -4.48. The van der Waals surface area contributed by atoms with Gasteiger partial charge in [-0.15, -0.1) is 0 Å². The molecular formula is C28H30FN5O5. The molecule has 4 N–H and O–H groups in total. The monoisotopic (exact) mass is 535 g/mol. The van der Waals surface area contributed by atoms with Gasteiger partial charge in [0.25, 0.3) is 5.91 Å². The fourth-order valence-corrected chi connectivity index (χ4v) is 3.69. The highest BCUT2D eigenvalue weighted by Crippen LogP contribution is 2.34. The molecule has 4 rings (SSSR count). The number of benzene rings is 3. The van der Waals surface area contributed by atoms with E-state index in [4.69, 9.17) is 24.7 Å². The quantitative estimate of drug-likeness (QED) is 0.170. The summed E-state index contributed by atoms with van der Waals surface area (Å²) in [7, 11) is 3.21. The van der Waals surface area contributed by atoms with E-state index in [0.717, 1.165) is 10.9 Å². The molecule has 0 spiro atoms. The molecule has 1 amide bonds. The van der Waals surface area contributed by atoms with Gasteiger partial charge in [0.15, 0.2) is 11.5 Å². The molecule has 0 aliphatic rings. The molecule has 0 aliphatic carbocycles. The van der Waals surface area contributed by atoms with E-state index >= 15 is 0 Å². The van der Waals surface area contributed by atoms with Crippen LogP contribution in [0.25, 0.3) is 10.9 Å². The average molecular weight is 536 g/mol. The van der Waals surface area contributed by atoms with Crippen LogP contribution in [0.5, 0.6) is 11.5 Å². The average Bonchev–Trinajstić information content (AvgIpc) is 2.94. The summed E-state index contributed by atoms with van der Waals surface area (Å²) in [6, 6.07) is 14.5. The van der Waals surface area contributed by atoms with Crippen LogP contribution in [-0.2, 0) is 16.0 Å². The first-order valence-corrected chi connectivity index (χ1v) is 12.2. The lowest BCUT2D eigenvalue weighted by atomic mass is 10.1. The topological polar surface area (TPSA) is 130 Å². The number of methoxy groups -OCH3 is 2. The Morgan fingerprint density at radius 3 is 2.28 bits per heavy atom. The van der Waals surface area contributed by atoms with E-state index in [1.807, 2.05) is 18.2 Å². The lowest BCUT2D eigenvalue weighted by Crippen LogP contribution is -2.13. The van der Waals surface area contributed by atoms with Gasteiger partial charge in [-0.1, -0.05) is 12.1 Å². The van der Waals surface area contributed by atoms with Gasteiger partial charge in [0.1, 0.15) is 31.2 Å². The van der Waals surface area contributed by atoms with Gasteiger partial charge in [-0.3, -0.25) is 4.79 Å². The second-order valence-corrected chi connectivity index (χ2v) is 8.46. The van der Waals surface area contributed by atoms with Crippen molar-refractivity contribution in [2.45, 2.75) is 6.54 Å². The number of rotatable bonds is 13. The minimum atomic E-state index is -0.485. The first-order valence-electron chi connectivity index (χ1n) is 12.2.